The number of nitrogens with zero attached hydrogens (tertiary/aromatic N) is 8. The highest BCUT2D eigenvalue weighted by atomic mass is 15.5. The molecule has 0 aliphatic heterocycles. The number of rotatable bonds is 2. The molecule has 0 aliphatic carbocycles. The molecule has 4 rings (SSSR count). The number of hydrogen-bond acceptors (Lipinski definition) is 7. The third kappa shape index (κ3) is 1.87. The Morgan fingerprint density at radius 3 is 3.00 bits per heavy atom. The zero-order valence-electron chi connectivity index (χ0n) is 10.7. The predicted molar refractivity (Wildman–Crippen MR) is 73.3 cm³/mol. The molecular formula is C12H9N9. The van der Waals surface area contributed by atoms with Crippen LogP contribution in [0, 0.1) is 0 Å². The van der Waals surface area contributed by atoms with Crippen LogP contribution in [-0.2, 0) is 0 Å². The Kier molecular flexibility index (Phi) is 2.37. The van der Waals surface area contributed by atoms with E-state index < -0.39 is 0 Å². The van der Waals surface area contributed by atoms with Gasteiger partial charge in [0.1, 0.15) is 6.33 Å². The molecule has 0 unspecified atom stereocenters. The van der Waals surface area contributed by atoms with E-state index in [1.165, 1.54) is 4.52 Å². The van der Waals surface area contributed by atoms with Gasteiger partial charge in [-0.1, -0.05) is 12.1 Å². The van der Waals surface area contributed by atoms with Gasteiger partial charge in [0.25, 0.3) is 0 Å². The second kappa shape index (κ2) is 4.34. The molecule has 0 fully saturated rings. The van der Waals surface area contributed by atoms with Crippen molar-refractivity contribution in [3.8, 4) is 17.2 Å². The van der Waals surface area contributed by atoms with E-state index >= 15 is 0 Å². The number of nitrogens with two attached hydrogens (primary N) is 1. The van der Waals surface area contributed by atoms with Crippen LogP contribution in [-0.4, -0.2) is 39.8 Å². The zero-order valence-corrected chi connectivity index (χ0v) is 10.7. The van der Waals surface area contributed by atoms with Crippen LogP contribution >= 0.6 is 0 Å². The highest BCUT2D eigenvalue weighted by Crippen LogP contribution is 2.18. The average molecular weight is 279 g/mol. The molecule has 0 aliphatic rings. The molecule has 102 valence electrons. The van der Waals surface area contributed by atoms with E-state index in [0.717, 1.165) is 5.56 Å². The molecule has 4 aromatic rings. The van der Waals surface area contributed by atoms with Crippen LogP contribution in [0.4, 0.5) is 5.69 Å². The van der Waals surface area contributed by atoms with E-state index in [9.17, 15) is 0 Å². The maximum atomic E-state index is 5.77. The van der Waals surface area contributed by atoms with Crippen molar-refractivity contribution in [1.29, 1.82) is 0 Å². The third-order valence-electron chi connectivity index (χ3n) is 2.96. The second-order valence-corrected chi connectivity index (χ2v) is 4.35. The minimum atomic E-state index is 0.536. The van der Waals surface area contributed by atoms with Crippen molar-refractivity contribution in [3.05, 3.63) is 43.0 Å². The Morgan fingerprint density at radius 2 is 2.10 bits per heavy atom. The molecule has 0 spiro atoms. The smallest absolute Gasteiger partial charge is 0.199 e. The van der Waals surface area contributed by atoms with Gasteiger partial charge in [-0.15, -0.1) is 10.2 Å². The standard InChI is InChI=1S/C12H9N9/c13-9-3-1-2-8(4-9)12-15-7-20(17-12)11-6-14-5-10-16-18-19-21(10)11/h1-7H,13H2. The van der Waals surface area contributed by atoms with Gasteiger partial charge in [0.05, 0.1) is 12.4 Å². The lowest BCUT2D eigenvalue weighted by Crippen LogP contribution is -2.05. The summed E-state index contributed by atoms with van der Waals surface area (Å²) in [6, 6.07) is 7.38. The average Bonchev–Trinajstić information content (AvgIpc) is 3.16. The zero-order chi connectivity index (χ0) is 14.2. The highest BCUT2D eigenvalue weighted by molar-refractivity contribution is 5.60. The van der Waals surface area contributed by atoms with Crippen molar-refractivity contribution in [2.45, 2.75) is 0 Å². The van der Waals surface area contributed by atoms with Crippen molar-refractivity contribution in [1.82, 2.24) is 39.8 Å². The molecule has 3 heterocycles. The van der Waals surface area contributed by atoms with E-state index in [1.54, 1.807) is 23.4 Å². The molecular weight excluding hydrogens is 270 g/mol. The number of benzene rings is 1. The van der Waals surface area contributed by atoms with Crippen molar-refractivity contribution in [3.63, 3.8) is 0 Å². The maximum absolute atomic E-state index is 5.77. The van der Waals surface area contributed by atoms with Gasteiger partial charge >= 0.3 is 0 Å². The van der Waals surface area contributed by atoms with Crippen LogP contribution in [0.2, 0.25) is 0 Å². The molecule has 0 saturated carbocycles. The van der Waals surface area contributed by atoms with Crippen molar-refractivity contribution >= 4 is 11.3 Å². The van der Waals surface area contributed by atoms with Crippen molar-refractivity contribution in [2.75, 3.05) is 5.73 Å². The summed E-state index contributed by atoms with van der Waals surface area (Å²) in [5.41, 5.74) is 7.81. The van der Waals surface area contributed by atoms with Gasteiger partial charge in [0.15, 0.2) is 17.3 Å². The van der Waals surface area contributed by atoms with Crippen LogP contribution in [0.15, 0.2) is 43.0 Å². The summed E-state index contributed by atoms with van der Waals surface area (Å²) in [7, 11) is 0. The molecule has 1 aromatic carbocycles. The van der Waals surface area contributed by atoms with Crippen LogP contribution in [0.5, 0.6) is 0 Å². The van der Waals surface area contributed by atoms with E-state index in [0.29, 0.717) is 23.0 Å². The molecule has 0 bridgehead atoms. The lowest BCUT2D eigenvalue weighted by atomic mass is 10.2. The fourth-order valence-electron chi connectivity index (χ4n) is 2.00. The van der Waals surface area contributed by atoms with E-state index in [4.69, 9.17) is 5.73 Å². The fourth-order valence-corrected chi connectivity index (χ4v) is 2.00. The predicted octanol–water partition coefficient (Wildman–Crippen LogP) is 0.349. The van der Waals surface area contributed by atoms with Gasteiger partial charge in [-0.05, 0) is 22.6 Å². The van der Waals surface area contributed by atoms with Gasteiger partial charge in [0, 0.05) is 11.3 Å². The minimum absolute atomic E-state index is 0.536. The third-order valence-corrected chi connectivity index (χ3v) is 2.96. The molecule has 9 heteroatoms. The van der Waals surface area contributed by atoms with Crippen LogP contribution in [0.25, 0.3) is 22.9 Å². The number of nitrogen functional groups attached to an aromatic ring is 1. The van der Waals surface area contributed by atoms with Gasteiger partial charge in [-0.25, -0.2) is 9.67 Å². The Hall–Kier alpha value is -3.36. The highest BCUT2D eigenvalue weighted by Gasteiger charge is 2.10. The molecule has 9 nitrogen and oxygen atoms in total. The number of tetrazole rings is 1. The molecule has 0 radical (unpaired) electrons. The summed E-state index contributed by atoms with van der Waals surface area (Å²) in [6.07, 6.45) is 4.76. The van der Waals surface area contributed by atoms with E-state index in [-0.39, 0.29) is 0 Å². The number of anilines is 1. The summed E-state index contributed by atoms with van der Waals surface area (Å²) in [4.78, 5) is 8.37. The quantitative estimate of drug-likeness (QED) is 0.527. The van der Waals surface area contributed by atoms with Gasteiger partial charge in [-0.2, -0.15) is 4.52 Å². The molecule has 2 N–H and O–H groups in total. The molecule has 0 saturated heterocycles. The summed E-state index contributed by atoms with van der Waals surface area (Å²) >= 11 is 0. The first-order valence-electron chi connectivity index (χ1n) is 6.11. The monoisotopic (exact) mass is 279 g/mol. The first kappa shape index (κ1) is 11.5. The van der Waals surface area contributed by atoms with Crippen LogP contribution in [0.3, 0.4) is 0 Å². The Bertz CT molecular complexity index is 923. The van der Waals surface area contributed by atoms with E-state index in [1.807, 2.05) is 24.3 Å². The number of hydrogen-bond donors (Lipinski definition) is 1. The Balaban J connectivity index is 1.83. The molecule has 3 aromatic heterocycles. The topological polar surface area (TPSA) is 113 Å². The van der Waals surface area contributed by atoms with Crippen LogP contribution < -0.4 is 5.73 Å². The van der Waals surface area contributed by atoms with Gasteiger partial charge in [-0.3, -0.25) is 4.98 Å². The van der Waals surface area contributed by atoms with Crippen LogP contribution in [0.1, 0.15) is 0 Å². The Morgan fingerprint density at radius 1 is 1.14 bits per heavy atom. The summed E-state index contributed by atoms with van der Waals surface area (Å²) in [5, 5.41) is 15.8. The fraction of sp³-hybridized carbons (Fsp3) is 0. The van der Waals surface area contributed by atoms with Gasteiger partial charge < -0.3 is 5.73 Å². The van der Waals surface area contributed by atoms with Gasteiger partial charge in [0.2, 0.25) is 0 Å². The first-order valence-corrected chi connectivity index (χ1v) is 6.11. The lowest BCUT2D eigenvalue weighted by Gasteiger charge is -2.01. The molecule has 0 atom stereocenters. The molecule has 21 heavy (non-hydrogen) atoms. The normalized spacial score (nSPS) is 11.0. The summed E-state index contributed by atoms with van der Waals surface area (Å²) < 4.78 is 3.10. The first-order chi connectivity index (χ1) is 10.3. The van der Waals surface area contributed by atoms with Crippen molar-refractivity contribution in [2.24, 2.45) is 0 Å². The Labute approximate surface area is 118 Å². The van der Waals surface area contributed by atoms with E-state index in [2.05, 4.69) is 30.6 Å². The lowest BCUT2D eigenvalue weighted by molar-refractivity contribution is 0.746. The number of fused-ring (bicyclic) bond motifs is 1. The SMILES string of the molecule is Nc1cccc(-c2ncn(-c3cncc4nnnn34)n2)c1. The second-order valence-electron chi connectivity index (χ2n) is 4.35. The summed E-state index contributed by atoms with van der Waals surface area (Å²) in [6.45, 7) is 0. The van der Waals surface area contributed by atoms with Crippen molar-refractivity contribution < 1.29 is 0 Å². The molecule has 0 amide bonds. The minimum Gasteiger partial charge on any atom is -0.399 e. The maximum Gasteiger partial charge on any atom is 0.199 e. The number of aromatic nitrogens is 8. The largest absolute Gasteiger partial charge is 0.399 e. The summed E-state index contributed by atoms with van der Waals surface area (Å²) in [5.74, 6) is 1.16.